The fourth-order valence-corrected chi connectivity index (χ4v) is 9.68. The summed E-state index contributed by atoms with van der Waals surface area (Å²) in [7, 11) is -5.97. The number of aliphatic hydroxyl groups excluding tert-OH is 1. The average Bonchev–Trinajstić information content (AvgIpc) is 4.33. The Morgan fingerprint density at radius 2 is 0.934 bits per heavy atom. The van der Waals surface area contributed by atoms with Gasteiger partial charge in [-0.1, -0.05) is 147 Å². The zero-order valence-electron chi connectivity index (χ0n) is 46.1. The minimum Gasteiger partial charge on any atom is -0.395 e. The van der Waals surface area contributed by atoms with Gasteiger partial charge < -0.3 is 42.1 Å². The standard InChI is InChI=1S/C26H40NO6P.C16H19NO.C10H9.C6H13O3P.C2H4O.K/c1-3-32-34(28,33-4-2)22-21-31-20-19-30-18-17-29-16-15-27(23-25-11-7-5-8-12-25)24-26-13-9-6-10-14-26;18-12-11-17(13-15-7-3-1-4-8-15)14-16-9-5-2-6-10-16;1-2-6-10-8-4-3-7-9(10)5-1;1-4-8-10(7,6-3)9-5-2;1-2-3-1;/h5-14H,3-4,15-24H2,1-2H3;1-10,18H,11-14H2;1-3,5-6H,4,8H2;6H,3-5H2,1-2H3;1-2H2;/q;;-1;;;+1. The van der Waals surface area contributed by atoms with E-state index in [2.05, 4.69) is 155 Å². The molecular formula is C60H85KN2O11P2. The maximum atomic E-state index is 12.3. The van der Waals surface area contributed by atoms with Gasteiger partial charge in [0.1, 0.15) is 0 Å². The molecule has 0 aromatic heterocycles. The van der Waals surface area contributed by atoms with Crippen LogP contribution >= 0.6 is 15.2 Å². The third-order valence-electron chi connectivity index (χ3n) is 10.7. The van der Waals surface area contributed by atoms with Crippen molar-refractivity contribution in [2.24, 2.45) is 0 Å². The van der Waals surface area contributed by atoms with Gasteiger partial charge in [0.15, 0.2) is 0 Å². The van der Waals surface area contributed by atoms with Crippen molar-refractivity contribution in [2.75, 3.05) is 105 Å². The second-order valence-corrected chi connectivity index (χ2v) is 21.0. The Kier molecular flexibility index (Phi) is 41.1. The van der Waals surface area contributed by atoms with Crippen molar-refractivity contribution < 1.29 is 103 Å². The average molecular weight is 1110 g/mol. The van der Waals surface area contributed by atoms with E-state index in [4.69, 9.17) is 37.4 Å². The SMILES string of the molecule is C1CO1.C=CP(=O)(OCC)OCC.CCOP(=O)(CCOCCOCCOCCN(Cc1ccccc1)Cc1ccccc1)OCC.OCCN(Cc1ccccc1)Cc1ccccc1.[C-]1=CCCc2ccccc21.[K+]. The molecule has 1 N–H and O–H groups in total. The fourth-order valence-electron chi connectivity index (χ4n) is 7.20. The molecule has 1 heterocycles. The molecule has 13 nitrogen and oxygen atoms in total. The van der Waals surface area contributed by atoms with Gasteiger partial charge in [-0.2, -0.15) is 17.7 Å². The molecule has 0 saturated carbocycles. The quantitative estimate of drug-likeness (QED) is 0.0149. The second-order valence-electron chi connectivity index (χ2n) is 16.8. The molecular weight excluding hydrogens is 1030 g/mol. The summed E-state index contributed by atoms with van der Waals surface area (Å²) < 4.78 is 65.0. The first kappa shape index (κ1) is 69.3. The van der Waals surface area contributed by atoms with Gasteiger partial charge in [0.05, 0.1) is 92.1 Å². The minimum absolute atomic E-state index is 0. The third-order valence-corrected chi connectivity index (χ3v) is 14.5. The van der Waals surface area contributed by atoms with Gasteiger partial charge in [0, 0.05) is 45.1 Å². The van der Waals surface area contributed by atoms with Gasteiger partial charge in [-0.05, 0) is 49.9 Å². The Balaban J connectivity index is 0.000000386. The van der Waals surface area contributed by atoms with E-state index in [0.29, 0.717) is 72.6 Å². The van der Waals surface area contributed by atoms with Crippen LogP contribution in [0.5, 0.6) is 0 Å². The maximum absolute atomic E-state index is 12.3. The van der Waals surface area contributed by atoms with E-state index >= 15 is 0 Å². The summed E-state index contributed by atoms with van der Waals surface area (Å²) in [5, 5.41) is 9.15. The van der Waals surface area contributed by atoms with Crippen molar-refractivity contribution >= 4 is 15.2 Å². The van der Waals surface area contributed by atoms with Crippen molar-refractivity contribution in [1.29, 1.82) is 0 Å². The number of hydrogen-bond acceptors (Lipinski definition) is 13. The summed E-state index contributed by atoms with van der Waals surface area (Å²) in [6.07, 6.45) is 7.93. The summed E-state index contributed by atoms with van der Waals surface area (Å²) in [5.41, 5.74) is 7.85. The van der Waals surface area contributed by atoms with Crippen LogP contribution in [0.15, 0.2) is 164 Å². The van der Waals surface area contributed by atoms with Crippen molar-refractivity contribution in [3.63, 3.8) is 0 Å². The minimum atomic E-state index is -3.04. The first-order chi connectivity index (χ1) is 36.7. The summed E-state index contributed by atoms with van der Waals surface area (Å²) in [6.45, 7) is 22.1. The molecule has 0 radical (unpaired) electrons. The summed E-state index contributed by atoms with van der Waals surface area (Å²) >= 11 is 0. The smallest absolute Gasteiger partial charge is 0.395 e. The van der Waals surface area contributed by atoms with Gasteiger partial charge in [0.2, 0.25) is 0 Å². The zero-order valence-corrected chi connectivity index (χ0v) is 51.0. The molecule has 1 fully saturated rings. The van der Waals surface area contributed by atoms with Gasteiger partial charge in [-0.15, -0.1) is 23.8 Å². The number of benzene rings is 5. The molecule has 0 unspecified atom stereocenters. The molecule has 5 aromatic carbocycles. The molecule has 16 heteroatoms. The number of nitrogens with zero attached hydrogens (tertiary/aromatic N) is 2. The Morgan fingerprint density at radius 3 is 1.32 bits per heavy atom. The zero-order chi connectivity index (χ0) is 53.9. The van der Waals surface area contributed by atoms with Crippen LogP contribution in [0.2, 0.25) is 0 Å². The van der Waals surface area contributed by atoms with Crippen LogP contribution in [0.3, 0.4) is 0 Å². The molecule has 0 bridgehead atoms. The number of epoxide rings is 1. The first-order valence-electron chi connectivity index (χ1n) is 26.3. The molecule has 5 aromatic rings. The van der Waals surface area contributed by atoms with E-state index in [9.17, 15) is 9.13 Å². The van der Waals surface area contributed by atoms with E-state index in [1.807, 2.05) is 24.3 Å². The third kappa shape index (κ3) is 34.3. The summed E-state index contributed by atoms with van der Waals surface area (Å²) in [4.78, 5) is 4.65. The van der Waals surface area contributed by atoms with E-state index in [1.165, 1.54) is 45.6 Å². The molecule has 1 saturated heterocycles. The predicted octanol–water partition coefficient (Wildman–Crippen LogP) is 9.44. The fraction of sp³-hybridized carbons (Fsp3) is 0.433. The van der Waals surface area contributed by atoms with E-state index in [0.717, 1.165) is 52.4 Å². The van der Waals surface area contributed by atoms with Crippen LogP contribution in [-0.2, 0) is 78.8 Å². The van der Waals surface area contributed by atoms with Crippen LogP contribution in [0.4, 0.5) is 0 Å². The second kappa shape index (κ2) is 45.0. The Labute approximate surface area is 498 Å². The van der Waals surface area contributed by atoms with Crippen LogP contribution in [0.1, 0.15) is 67.5 Å². The number of hydrogen-bond donors (Lipinski definition) is 1. The topological polar surface area (TPSA) is 138 Å². The van der Waals surface area contributed by atoms with Gasteiger partial charge >= 0.3 is 66.6 Å². The Hall–Kier alpha value is -2.76. The molecule has 7 rings (SSSR count). The van der Waals surface area contributed by atoms with Crippen molar-refractivity contribution in [3.8, 4) is 0 Å². The largest absolute Gasteiger partial charge is 1.00 e. The number of fused-ring (bicyclic) bond motifs is 1. The maximum Gasteiger partial charge on any atom is 1.00 e. The van der Waals surface area contributed by atoms with Gasteiger partial charge in [-0.25, -0.2) is 0 Å². The first-order valence-corrected chi connectivity index (χ1v) is 29.6. The summed E-state index contributed by atoms with van der Waals surface area (Å²) in [5.74, 6) is 1.22. The number of aryl methyl sites for hydroxylation is 1. The molecule has 0 amide bonds. The molecule has 0 atom stereocenters. The monoisotopic (exact) mass is 1110 g/mol. The molecule has 1 aliphatic carbocycles. The van der Waals surface area contributed by atoms with Gasteiger partial charge in [-0.3, -0.25) is 18.9 Å². The Bertz CT molecular complexity index is 2180. The number of rotatable bonds is 31. The van der Waals surface area contributed by atoms with Crippen LogP contribution < -0.4 is 51.4 Å². The van der Waals surface area contributed by atoms with Crippen LogP contribution in [-0.4, -0.2) is 120 Å². The van der Waals surface area contributed by atoms with E-state index < -0.39 is 15.2 Å². The van der Waals surface area contributed by atoms with Crippen molar-refractivity contribution in [1.82, 2.24) is 9.80 Å². The van der Waals surface area contributed by atoms with E-state index in [-0.39, 0.29) is 64.2 Å². The molecule has 2 aliphatic rings. The van der Waals surface area contributed by atoms with Crippen LogP contribution in [0.25, 0.3) is 0 Å². The number of ether oxygens (including phenoxy) is 4. The molecule has 76 heavy (non-hydrogen) atoms. The summed E-state index contributed by atoms with van der Waals surface area (Å²) in [6, 6.07) is 50.2. The van der Waals surface area contributed by atoms with E-state index in [1.54, 1.807) is 27.7 Å². The van der Waals surface area contributed by atoms with Gasteiger partial charge in [0.25, 0.3) is 0 Å². The van der Waals surface area contributed by atoms with Crippen LogP contribution in [0, 0.1) is 6.08 Å². The predicted molar refractivity (Wildman–Crippen MR) is 303 cm³/mol. The number of aliphatic hydroxyl groups is 1. The van der Waals surface area contributed by atoms with Crippen molar-refractivity contribution in [3.05, 3.63) is 204 Å². The molecule has 0 spiro atoms. The number of allylic oxidation sites excluding steroid dienone is 1. The molecule has 412 valence electrons. The molecule has 1 aliphatic heterocycles. The normalized spacial score (nSPS) is 12.2. The van der Waals surface area contributed by atoms with Crippen molar-refractivity contribution in [2.45, 2.75) is 66.7 Å². The Morgan fingerprint density at radius 1 is 0.553 bits per heavy atom.